The molecule has 1 aliphatic rings. The van der Waals surface area contributed by atoms with E-state index in [-0.39, 0.29) is 12.5 Å². The topological polar surface area (TPSA) is 78.3 Å². The Balaban J connectivity index is 1.15. The van der Waals surface area contributed by atoms with Crippen molar-refractivity contribution in [1.29, 1.82) is 0 Å². The standard InChI is InChI=1S/C25H30N4O3/c1-19-8-10-21(11-9-19)32-22-14-12-20(13-15-22)31-18-25(30)26-16-5-7-24-28-27-23-6-3-2-4-17-29(23)24/h8-15H,2-7,16-18H2,1H3,(H,26,30). The van der Waals surface area contributed by atoms with Crippen molar-refractivity contribution < 1.29 is 14.3 Å². The van der Waals surface area contributed by atoms with Crippen LogP contribution in [-0.2, 0) is 24.2 Å². The maximum Gasteiger partial charge on any atom is 0.257 e. The van der Waals surface area contributed by atoms with Gasteiger partial charge in [0.15, 0.2) is 6.61 Å². The monoisotopic (exact) mass is 434 g/mol. The minimum Gasteiger partial charge on any atom is -0.484 e. The summed E-state index contributed by atoms with van der Waals surface area (Å²) in [6.07, 6.45) is 6.29. The molecule has 2 heterocycles. The average molecular weight is 435 g/mol. The Kier molecular flexibility index (Phi) is 7.38. The molecule has 0 unspecified atom stereocenters. The molecule has 168 valence electrons. The third-order valence-corrected chi connectivity index (χ3v) is 5.54. The van der Waals surface area contributed by atoms with Gasteiger partial charge in [-0.25, -0.2) is 0 Å². The van der Waals surface area contributed by atoms with Gasteiger partial charge in [0.2, 0.25) is 0 Å². The number of nitrogens with one attached hydrogen (secondary N) is 1. The Morgan fingerprint density at radius 1 is 0.969 bits per heavy atom. The van der Waals surface area contributed by atoms with Gasteiger partial charge in [-0.1, -0.05) is 24.1 Å². The second-order valence-corrected chi connectivity index (χ2v) is 8.12. The van der Waals surface area contributed by atoms with Crippen LogP contribution in [0, 0.1) is 6.92 Å². The van der Waals surface area contributed by atoms with Gasteiger partial charge in [-0.05, 0) is 62.6 Å². The summed E-state index contributed by atoms with van der Waals surface area (Å²) in [6.45, 7) is 3.62. The summed E-state index contributed by atoms with van der Waals surface area (Å²) in [7, 11) is 0. The van der Waals surface area contributed by atoms with Gasteiger partial charge in [-0.15, -0.1) is 10.2 Å². The summed E-state index contributed by atoms with van der Waals surface area (Å²) < 4.78 is 13.6. The number of rotatable bonds is 9. The maximum absolute atomic E-state index is 12.1. The Bertz CT molecular complexity index is 1010. The molecule has 1 N–H and O–H groups in total. The number of benzene rings is 2. The van der Waals surface area contributed by atoms with E-state index in [4.69, 9.17) is 9.47 Å². The molecule has 2 aromatic carbocycles. The molecule has 1 amide bonds. The fourth-order valence-electron chi connectivity index (χ4n) is 3.75. The van der Waals surface area contributed by atoms with E-state index in [1.807, 2.05) is 43.3 Å². The summed E-state index contributed by atoms with van der Waals surface area (Å²) in [5.41, 5.74) is 1.19. The second kappa shape index (κ2) is 10.8. The molecule has 7 heteroatoms. The summed E-state index contributed by atoms with van der Waals surface area (Å²) in [5.74, 6) is 4.13. The molecular weight excluding hydrogens is 404 g/mol. The van der Waals surface area contributed by atoms with Crippen molar-refractivity contribution >= 4 is 5.91 Å². The Hall–Kier alpha value is -3.35. The number of fused-ring (bicyclic) bond motifs is 1. The molecule has 0 fully saturated rings. The summed E-state index contributed by atoms with van der Waals surface area (Å²) in [6, 6.07) is 15.1. The number of hydrogen-bond donors (Lipinski definition) is 1. The lowest BCUT2D eigenvalue weighted by Crippen LogP contribution is -2.30. The van der Waals surface area contributed by atoms with Crippen molar-refractivity contribution in [2.45, 2.75) is 52.0 Å². The van der Waals surface area contributed by atoms with Gasteiger partial charge in [0, 0.05) is 25.9 Å². The van der Waals surface area contributed by atoms with E-state index in [2.05, 4.69) is 20.1 Å². The van der Waals surface area contributed by atoms with Crippen molar-refractivity contribution in [1.82, 2.24) is 20.1 Å². The summed E-state index contributed by atoms with van der Waals surface area (Å²) in [5, 5.41) is 11.6. The molecule has 3 aromatic rings. The van der Waals surface area contributed by atoms with E-state index in [1.54, 1.807) is 12.1 Å². The molecular formula is C25H30N4O3. The molecule has 0 atom stereocenters. The number of ether oxygens (including phenoxy) is 2. The number of aryl methyl sites for hydroxylation is 3. The molecule has 1 aliphatic heterocycles. The van der Waals surface area contributed by atoms with E-state index in [9.17, 15) is 4.79 Å². The molecule has 7 nitrogen and oxygen atoms in total. The first kappa shape index (κ1) is 21.9. The SMILES string of the molecule is Cc1ccc(Oc2ccc(OCC(=O)NCCCc3nnc4n3CCCCC4)cc2)cc1. The lowest BCUT2D eigenvalue weighted by atomic mass is 10.2. The molecule has 0 bridgehead atoms. The van der Waals surface area contributed by atoms with Crippen LogP contribution in [0.5, 0.6) is 17.2 Å². The van der Waals surface area contributed by atoms with Crippen molar-refractivity contribution in [3.63, 3.8) is 0 Å². The van der Waals surface area contributed by atoms with E-state index in [0.29, 0.717) is 12.3 Å². The van der Waals surface area contributed by atoms with Gasteiger partial charge in [-0.3, -0.25) is 4.79 Å². The molecule has 0 saturated carbocycles. The van der Waals surface area contributed by atoms with Crippen LogP contribution in [-0.4, -0.2) is 33.8 Å². The number of carbonyl (C=O) groups is 1. The largest absolute Gasteiger partial charge is 0.484 e. The third-order valence-electron chi connectivity index (χ3n) is 5.54. The van der Waals surface area contributed by atoms with Crippen LogP contribution in [0.3, 0.4) is 0 Å². The number of hydrogen-bond acceptors (Lipinski definition) is 5. The lowest BCUT2D eigenvalue weighted by Gasteiger charge is -2.10. The van der Waals surface area contributed by atoms with Crippen LogP contribution in [0.25, 0.3) is 0 Å². The molecule has 0 spiro atoms. The summed E-state index contributed by atoms with van der Waals surface area (Å²) >= 11 is 0. The smallest absolute Gasteiger partial charge is 0.257 e. The van der Waals surface area contributed by atoms with E-state index >= 15 is 0 Å². The quantitative estimate of drug-likeness (QED) is 0.510. The predicted molar refractivity (Wildman–Crippen MR) is 122 cm³/mol. The molecule has 32 heavy (non-hydrogen) atoms. The van der Waals surface area contributed by atoms with Crippen LogP contribution < -0.4 is 14.8 Å². The first-order chi connectivity index (χ1) is 15.7. The predicted octanol–water partition coefficient (Wildman–Crippen LogP) is 4.23. The highest BCUT2D eigenvalue weighted by atomic mass is 16.5. The molecule has 0 radical (unpaired) electrons. The van der Waals surface area contributed by atoms with Crippen LogP contribution in [0.4, 0.5) is 0 Å². The minimum atomic E-state index is -0.134. The molecule has 4 rings (SSSR count). The highest BCUT2D eigenvalue weighted by Crippen LogP contribution is 2.24. The fourth-order valence-corrected chi connectivity index (χ4v) is 3.75. The minimum absolute atomic E-state index is 0.0154. The Morgan fingerprint density at radius 3 is 2.47 bits per heavy atom. The van der Waals surface area contributed by atoms with E-state index in [0.717, 1.165) is 49.0 Å². The fraction of sp³-hybridized carbons (Fsp3) is 0.400. The number of amides is 1. The first-order valence-corrected chi connectivity index (χ1v) is 11.3. The van der Waals surface area contributed by atoms with E-state index in [1.165, 1.54) is 24.8 Å². The van der Waals surface area contributed by atoms with E-state index < -0.39 is 0 Å². The zero-order valence-electron chi connectivity index (χ0n) is 18.5. The second-order valence-electron chi connectivity index (χ2n) is 8.12. The van der Waals surface area contributed by atoms with Crippen molar-refractivity contribution in [2.24, 2.45) is 0 Å². The summed E-state index contributed by atoms with van der Waals surface area (Å²) in [4.78, 5) is 12.1. The Labute approximate surface area is 188 Å². The normalized spacial score (nSPS) is 13.2. The van der Waals surface area contributed by atoms with Crippen molar-refractivity contribution in [3.05, 3.63) is 65.7 Å². The van der Waals surface area contributed by atoms with Gasteiger partial charge < -0.3 is 19.4 Å². The first-order valence-electron chi connectivity index (χ1n) is 11.3. The van der Waals surface area contributed by atoms with Crippen molar-refractivity contribution in [2.75, 3.05) is 13.2 Å². The maximum atomic E-state index is 12.1. The zero-order chi connectivity index (χ0) is 22.2. The number of aromatic nitrogens is 3. The van der Waals surface area contributed by atoms with Crippen LogP contribution in [0.15, 0.2) is 48.5 Å². The van der Waals surface area contributed by atoms with Crippen LogP contribution in [0.2, 0.25) is 0 Å². The Morgan fingerprint density at radius 2 is 1.69 bits per heavy atom. The van der Waals surface area contributed by atoms with Crippen molar-refractivity contribution in [3.8, 4) is 17.2 Å². The van der Waals surface area contributed by atoms with Gasteiger partial charge in [0.1, 0.15) is 28.9 Å². The number of carbonyl (C=O) groups excluding carboxylic acids is 1. The van der Waals surface area contributed by atoms with Gasteiger partial charge in [0.05, 0.1) is 0 Å². The lowest BCUT2D eigenvalue weighted by molar-refractivity contribution is -0.123. The molecule has 1 aromatic heterocycles. The highest BCUT2D eigenvalue weighted by molar-refractivity contribution is 5.77. The van der Waals surface area contributed by atoms with Gasteiger partial charge in [-0.2, -0.15) is 0 Å². The number of nitrogens with zero attached hydrogens (tertiary/aromatic N) is 3. The zero-order valence-corrected chi connectivity index (χ0v) is 18.5. The molecule has 0 aliphatic carbocycles. The van der Waals surface area contributed by atoms with Gasteiger partial charge >= 0.3 is 0 Å². The van der Waals surface area contributed by atoms with Crippen LogP contribution >= 0.6 is 0 Å². The van der Waals surface area contributed by atoms with Gasteiger partial charge in [0.25, 0.3) is 5.91 Å². The molecule has 0 saturated heterocycles. The average Bonchev–Trinajstić information content (AvgIpc) is 3.03. The third kappa shape index (κ3) is 6.09. The van der Waals surface area contributed by atoms with Crippen LogP contribution in [0.1, 0.15) is 42.9 Å². The highest BCUT2D eigenvalue weighted by Gasteiger charge is 2.14.